The number of nitrogens with zero attached hydrogens (tertiary/aromatic N) is 2. The van der Waals surface area contributed by atoms with Gasteiger partial charge in [0.05, 0.1) is 10.6 Å². The van der Waals surface area contributed by atoms with Crippen LogP contribution in [0.3, 0.4) is 0 Å². The first-order chi connectivity index (χ1) is 11.3. The van der Waals surface area contributed by atoms with Gasteiger partial charge in [0, 0.05) is 24.5 Å². The summed E-state index contributed by atoms with van der Waals surface area (Å²) in [6.07, 6.45) is 8.78. The van der Waals surface area contributed by atoms with Crippen molar-refractivity contribution < 1.29 is 9.72 Å². The smallest absolute Gasteiger partial charge is 0.269 e. The van der Waals surface area contributed by atoms with Crippen LogP contribution in [0.5, 0.6) is 0 Å². The fraction of sp³-hybridized carbons (Fsp3) is 0.0625. The maximum Gasteiger partial charge on any atom is 0.269 e. The fourth-order valence-electron chi connectivity index (χ4n) is 2.27. The zero-order chi connectivity index (χ0) is 17.5. The van der Waals surface area contributed by atoms with Gasteiger partial charge in [0.15, 0.2) is 0 Å². The standard InChI is InChI=1S/C16H9Cl3N2O3/c17-13-14(16(18,19)15(13)22)20-7-5-11(6-8-20)9-10-1-3-12(4-2-10)21(23)24/h1-9H. The van der Waals surface area contributed by atoms with Gasteiger partial charge in [-0.1, -0.05) is 34.8 Å². The van der Waals surface area contributed by atoms with Crippen molar-refractivity contribution in [3.63, 3.8) is 0 Å². The number of hydrogen-bond acceptors (Lipinski definition) is 4. The number of rotatable bonds is 3. The van der Waals surface area contributed by atoms with E-state index in [4.69, 9.17) is 34.8 Å². The monoisotopic (exact) mass is 382 g/mol. The van der Waals surface area contributed by atoms with Gasteiger partial charge >= 0.3 is 0 Å². The molecule has 1 aromatic rings. The van der Waals surface area contributed by atoms with E-state index in [1.54, 1.807) is 41.6 Å². The molecule has 1 aromatic carbocycles. The number of alkyl halides is 2. The zero-order valence-corrected chi connectivity index (χ0v) is 14.2. The second kappa shape index (κ2) is 6.09. The number of carbonyl (C=O) groups is 1. The number of hydrogen-bond donors (Lipinski definition) is 0. The highest BCUT2D eigenvalue weighted by atomic mass is 35.5. The average Bonchev–Trinajstić information content (AvgIpc) is 2.56. The molecule has 3 rings (SSSR count). The van der Waals surface area contributed by atoms with Gasteiger partial charge in [-0.2, -0.15) is 0 Å². The van der Waals surface area contributed by atoms with Gasteiger partial charge in [-0.25, -0.2) is 0 Å². The van der Waals surface area contributed by atoms with Crippen LogP contribution in [0.15, 0.2) is 65.1 Å². The molecule has 0 saturated heterocycles. The van der Waals surface area contributed by atoms with E-state index in [1.807, 2.05) is 6.08 Å². The third-order valence-electron chi connectivity index (χ3n) is 3.54. The van der Waals surface area contributed by atoms with Crippen LogP contribution >= 0.6 is 34.8 Å². The van der Waals surface area contributed by atoms with Gasteiger partial charge in [-0.15, -0.1) is 0 Å². The summed E-state index contributed by atoms with van der Waals surface area (Å²) in [5, 5.41) is 10.7. The summed E-state index contributed by atoms with van der Waals surface area (Å²) < 4.78 is -1.63. The van der Waals surface area contributed by atoms with Crippen LogP contribution < -0.4 is 0 Å². The Balaban J connectivity index is 1.78. The number of non-ortho nitro benzene ring substituents is 1. The number of carbonyl (C=O) groups excluding carboxylic acids is 1. The molecule has 122 valence electrons. The summed E-state index contributed by atoms with van der Waals surface area (Å²) in [4.78, 5) is 23.3. The molecule has 0 unspecified atom stereocenters. The van der Waals surface area contributed by atoms with Crippen LogP contribution in [-0.2, 0) is 4.79 Å². The van der Waals surface area contributed by atoms with Crippen molar-refractivity contribution in [2.75, 3.05) is 0 Å². The normalized spacial score (nSPS) is 18.7. The van der Waals surface area contributed by atoms with E-state index in [0.717, 1.165) is 11.1 Å². The Bertz CT molecular complexity index is 836. The van der Waals surface area contributed by atoms with Crippen LogP contribution in [-0.4, -0.2) is 19.9 Å². The molecule has 24 heavy (non-hydrogen) atoms. The van der Waals surface area contributed by atoms with Crippen LogP contribution in [0.1, 0.15) is 5.56 Å². The van der Waals surface area contributed by atoms with Gasteiger partial charge in [0.1, 0.15) is 5.03 Å². The van der Waals surface area contributed by atoms with Gasteiger partial charge in [0.2, 0.25) is 10.1 Å². The van der Waals surface area contributed by atoms with Crippen LogP contribution in [0, 0.1) is 10.1 Å². The minimum atomic E-state index is -1.63. The molecule has 5 nitrogen and oxygen atoms in total. The molecular weight excluding hydrogens is 375 g/mol. The molecule has 0 bridgehead atoms. The Morgan fingerprint density at radius 3 is 2.21 bits per heavy atom. The van der Waals surface area contributed by atoms with Crippen molar-refractivity contribution in [1.29, 1.82) is 0 Å². The lowest BCUT2D eigenvalue weighted by atomic mass is 10.00. The van der Waals surface area contributed by atoms with Crippen LogP contribution in [0.2, 0.25) is 0 Å². The Labute approximate surface area is 152 Å². The second-order valence-electron chi connectivity index (χ2n) is 5.10. The lowest BCUT2D eigenvalue weighted by Gasteiger charge is -2.37. The van der Waals surface area contributed by atoms with E-state index >= 15 is 0 Å². The van der Waals surface area contributed by atoms with E-state index in [1.165, 1.54) is 12.1 Å². The summed E-state index contributed by atoms with van der Waals surface area (Å²) in [7, 11) is 0. The number of halogens is 3. The molecule has 1 aliphatic carbocycles. The van der Waals surface area contributed by atoms with Crippen molar-refractivity contribution in [3.8, 4) is 0 Å². The Kier molecular flexibility index (Phi) is 4.25. The Hall–Kier alpha value is -2.08. The summed E-state index contributed by atoms with van der Waals surface area (Å²) in [5.41, 5.74) is 2.03. The highest BCUT2D eigenvalue weighted by Crippen LogP contribution is 2.48. The summed E-state index contributed by atoms with van der Waals surface area (Å²) >= 11 is 17.8. The van der Waals surface area contributed by atoms with Crippen molar-refractivity contribution in [1.82, 2.24) is 4.90 Å². The molecule has 0 N–H and O–H groups in total. The topological polar surface area (TPSA) is 63.5 Å². The third kappa shape index (κ3) is 2.86. The molecular formula is C16H9Cl3N2O3. The molecule has 2 aliphatic rings. The molecule has 0 aromatic heterocycles. The van der Waals surface area contributed by atoms with E-state index in [2.05, 4.69) is 0 Å². The lowest BCUT2D eigenvalue weighted by molar-refractivity contribution is -0.384. The molecule has 8 heteroatoms. The van der Waals surface area contributed by atoms with Gasteiger partial charge < -0.3 is 4.90 Å². The first kappa shape index (κ1) is 16.8. The van der Waals surface area contributed by atoms with Crippen molar-refractivity contribution in [2.24, 2.45) is 0 Å². The van der Waals surface area contributed by atoms with E-state index < -0.39 is 15.0 Å². The summed E-state index contributed by atoms with van der Waals surface area (Å²) in [6.45, 7) is 0. The maximum atomic E-state index is 11.5. The first-order valence-corrected chi connectivity index (χ1v) is 7.88. The second-order valence-corrected chi connectivity index (χ2v) is 6.80. The van der Waals surface area contributed by atoms with E-state index in [0.29, 0.717) is 5.70 Å². The molecule has 0 spiro atoms. The summed E-state index contributed by atoms with van der Waals surface area (Å²) in [5.74, 6) is -0.517. The highest BCUT2D eigenvalue weighted by Gasteiger charge is 2.53. The van der Waals surface area contributed by atoms with Crippen molar-refractivity contribution >= 4 is 52.3 Å². The van der Waals surface area contributed by atoms with Gasteiger partial charge in [0.25, 0.3) is 5.69 Å². The predicted octanol–water partition coefficient (Wildman–Crippen LogP) is 4.53. The first-order valence-electron chi connectivity index (χ1n) is 6.74. The Morgan fingerprint density at radius 1 is 1.12 bits per heavy atom. The molecule has 0 radical (unpaired) electrons. The number of nitro groups is 1. The molecule has 1 heterocycles. The number of benzene rings is 1. The molecule has 0 saturated carbocycles. The SMILES string of the molecule is O=C1C(Cl)=C(N2C=CC(=Cc3ccc([N+](=O)[O-])cc3)C=C2)C1(Cl)Cl. The molecule has 0 fully saturated rings. The summed E-state index contributed by atoms with van der Waals surface area (Å²) in [6, 6.07) is 6.20. The number of Topliss-reactive ketones (excluding diaryl/α,β-unsaturated/α-hetero) is 1. The zero-order valence-electron chi connectivity index (χ0n) is 11.9. The fourth-order valence-corrected chi connectivity index (χ4v) is 3.42. The average molecular weight is 384 g/mol. The molecule has 0 atom stereocenters. The van der Waals surface area contributed by atoms with Crippen LogP contribution in [0.4, 0.5) is 5.69 Å². The minimum absolute atomic E-state index is 0.0112. The molecule has 0 amide bonds. The highest BCUT2D eigenvalue weighted by molar-refractivity contribution is 6.70. The van der Waals surface area contributed by atoms with Gasteiger partial charge in [-0.3, -0.25) is 14.9 Å². The molecule has 1 aliphatic heterocycles. The van der Waals surface area contributed by atoms with Gasteiger partial charge in [-0.05, 0) is 41.5 Å². The quantitative estimate of drug-likeness (QED) is 0.437. The number of nitro benzene ring substituents is 1. The lowest BCUT2D eigenvalue weighted by Crippen LogP contribution is -2.45. The van der Waals surface area contributed by atoms with E-state index in [9.17, 15) is 14.9 Å². The van der Waals surface area contributed by atoms with Crippen molar-refractivity contribution in [3.05, 3.63) is 80.8 Å². The predicted molar refractivity (Wildman–Crippen MR) is 93.5 cm³/mol. The largest absolute Gasteiger partial charge is 0.323 e. The minimum Gasteiger partial charge on any atom is -0.323 e. The third-order valence-corrected chi connectivity index (χ3v) is 4.59. The number of allylic oxidation sites excluding steroid dienone is 5. The number of ketones is 1. The van der Waals surface area contributed by atoms with Crippen molar-refractivity contribution in [2.45, 2.75) is 4.33 Å². The Morgan fingerprint density at radius 2 is 1.71 bits per heavy atom. The van der Waals surface area contributed by atoms with Crippen LogP contribution in [0.25, 0.3) is 6.08 Å². The maximum absolute atomic E-state index is 11.5. The van der Waals surface area contributed by atoms with E-state index in [-0.39, 0.29) is 10.7 Å².